The van der Waals surface area contributed by atoms with Gasteiger partial charge in [-0.2, -0.15) is 17.7 Å². The molecular formula is C20H29N2Ru. The van der Waals surface area contributed by atoms with Crippen LogP contribution in [0.3, 0.4) is 0 Å². The zero-order valence-corrected chi connectivity index (χ0v) is 17.6. The summed E-state index contributed by atoms with van der Waals surface area (Å²) in [6.45, 7) is 18.5. The first-order chi connectivity index (χ1) is 10.0. The van der Waals surface area contributed by atoms with Crippen LogP contribution in [0.1, 0.15) is 58.2 Å². The number of aryl methyl sites for hydroxylation is 1. The van der Waals surface area contributed by atoms with Crippen molar-refractivity contribution in [1.82, 2.24) is 4.90 Å². The van der Waals surface area contributed by atoms with E-state index in [1.54, 1.807) is 0 Å². The molecule has 0 aromatic heterocycles. The third-order valence-corrected chi connectivity index (χ3v) is 6.68. The second kappa shape index (κ2) is 5.34. The molecule has 0 unspecified atom stereocenters. The smallest absolute Gasteiger partial charge is 0.377 e. The molecule has 2 aliphatic heterocycles. The van der Waals surface area contributed by atoms with Gasteiger partial charge < -0.3 is 9.80 Å². The topological polar surface area (TPSA) is 6.48 Å². The minimum absolute atomic E-state index is 0. The molecule has 1 atom stereocenters. The Labute approximate surface area is 154 Å². The predicted octanol–water partition coefficient (Wildman–Crippen LogP) is 4.75. The number of hydrogen-bond donors (Lipinski definition) is 0. The summed E-state index contributed by atoms with van der Waals surface area (Å²) in [5, 5.41) is 0. The zero-order chi connectivity index (χ0) is 16.6. The molecule has 23 heavy (non-hydrogen) atoms. The maximum atomic E-state index is 3.62. The first-order valence-corrected chi connectivity index (χ1v) is 8.29. The van der Waals surface area contributed by atoms with Gasteiger partial charge in [0.2, 0.25) is 0 Å². The van der Waals surface area contributed by atoms with Crippen LogP contribution in [0.2, 0.25) is 0 Å². The van der Waals surface area contributed by atoms with E-state index in [-0.39, 0.29) is 30.3 Å². The molecule has 0 N–H and O–H groups in total. The van der Waals surface area contributed by atoms with E-state index in [4.69, 9.17) is 0 Å². The minimum atomic E-state index is 0. The summed E-state index contributed by atoms with van der Waals surface area (Å²) in [6, 6.07) is 5.79. The van der Waals surface area contributed by atoms with E-state index in [2.05, 4.69) is 84.4 Å². The number of rotatable bonds is 0. The van der Waals surface area contributed by atoms with Crippen molar-refractivity contribution in [3.05, 3.63) is 40.2 Å². The maximum Gasteiger partial charge on any atom is 1.00 e. The van der Waals surface area contributed by atoms with E-state index in [9.17, 15) is 0 Å². The third kappa shape index (κ3) is 2.08. The van der Waals surface area contributed by atoms with Crippen LogP contribution in [0.25, 0.3) is 0 Å². The average Bonchev–Trinajstić information content (AvgIpc) is 2.65. The van der Waals surface area contributed by atoms with Gasteiger partial charge in [-0.1, -0.05) is 47.2 Å². The van der Waals surface area contributed by atoms with Crippen molar-refractivity contribution in [2.75, 3.05) is 11.9 Å². The number of fused-ring (bicyclic) bond motifs is 3. The molecule has 2 aliphatic rings. The molecule has 2 heterocycles. The fourth-order valence-electron chi connectivity index (χ4n) is 4.15. The van der Waals surface area contributed by atoms with E-state index in [0.717, 1.165) is 0 Å². The van der Waals surface area contributed by atoms with Gasteiger partial charge in [-0.25, -0.2) is 0 Å². The molecule has 0 bridgehead atoms. The van der Waals surface area contributed by atoms with Gasteiger partial charge in [0.15, 0.2) is 0 Å². The standard InChI is InChI=1S/C20H29N2.Ru/c1-12-10-11-16-17(13(12)2)22-15(4)21(9)14(3)18(22)20(7,8)19(16,5)6;/h10,15H,1-9H3;/q-1;+1/t15-;/m1./s1. The quantitative estimate of drug-likeness (QED) is 0.460. The maximum absolute atomic E-state index is 3.62. The zero-order valence-electron chi connectivity index (χ0n) is 15.9. The third-order valence-electron chi connectivity index (χ3n) is 6.68. The Morgan fingerprint density at radius 3 is 2.17 bits per heavy atom. The van der Waals surface area contributed by atoms with E-state index in [1.165, 1.54) is 33.8 Å². The molecule has 0 fully saturated rings. The van der Waals surface area contributed by atoms with Gasteiger partial charge in [0.05, 0.1) is 6.17 Å². The van der Waals surface area contributed by atoms with Crippen molar-refractivity contribution in [1.29, 1.82) is 0 Å². The second-order valence-corrected chi connectivity index (χ2v) is 8.12. The summed E-state index contributed by atoms with van der Waals surface area (Å²) in [5.41, 5.74) is 8.46. The molecule has 127 valence electrons. The van der Waals surface area contributed by atoms with E-state index >= 15 is 0 Å². The van der Waals surface area contributed by atoms with Gasteiger partial charge in [-0.3, -0.25) is 0 Å². The van der Waals surface area contributed by atoms with Crippen LogP contribution in [0.5, 0.6) is 0 Å². The Kier molecular flexibility index (Phi) is 4.30. The Morgan fingerprint density at radius 1 is 1.04 bits per heavy atom. The van der Waals surface area contributed by atoms with Crippen molar-refractivity contribution in [2.24, 2.45) is 5.41 Å². The van der Waals surface area contributed by atoms with Crippen molar-refractivity contribution in [2.45, 2.75) is 67.0 Å². The molecule has 0 aliphatic carbocycles. The van der Waals surface area contributed by atoms with E-state index in [1.807, 2.05) is 0 Å². The molecule has 1 aromatic carbocycles. The van der Waals surface area contributed by atoms with Gasteiger partial charge in [0.1, 0.15) is 0 Å². The van der Waals surface area contributed by atoms with Gasteiger partial charge in [-0.05, 0) is 19.3 Å². The van der Waals surface area contributed by atoms with Crippen LogP contribution in [-0.4, -0.2) is 18.1 Å². The number of nitrogens with zero attached hydrogens (tertiary/aromatic N) is 2. The number of benzene rings is 1. The van der Waals surface area contributed by atoms with E-state index in [0.29, 0.717) is 6.17 Å². The van der Waals surface area contributed by atoms with Gasteiger partial charge in [0.25, 0.3) is 0 Å². The molecule has 2 nitrogen and oxygen atoms in total. The largest absolute Gasteiger partial charge is 1.00 e. The molecular weight excluding hydrogens is 369 g/mol. The van der Waals surface area contributed by atoms with Crippen molar-refractivity contribution >= 4 is 5.69 Å². The average molecular weight is 399 g/mol. The van der Waals surface area contributed by atoms with Crippen LogP contribution in [-0.2, 0) is 24.9 Å². The van der Waals surface area contributed by atoms with Crippen molar-refractivity contribution in [3.63, 3.8) is 0 Å². The normalized spacial score (nSPS) is 24.3. The van der Waals surface area contributed by atoms with Gasteiger partial charge >= 0.3 is 19.5 Å². The Bertz CT molecular complexity index is 685. The first-order valence-electron chi connectivity index (χ1n) is 8.29. The Balaban J connectivity index is 0.00000192. The molecule has 0 amide bonds. The second-order valence-electron chi connectivity index (χ2n) is 8.12. The summed E-state index contributed by atoms with van der Waals surface area (Å²) in [4.78, 5) is 4.97. The Morgan fingerprint density at radius 2 is 1.61 bits per heavy atom. The summed E-state index contributed by atoms with van der Waals surface area (Å²) in [6.07, 6.45) is 0.359. The molecule has 3 rings (SSSR count). The molecule has 3 heteroatoms. The van der Waals surface area contributed by atoms with Crippen LogP contribution in [0.15, 0.2) is 17.5 Å². The summed E-state index contributed by atoms with van der Waals surface area (Å²) >= 11 is 0. The van der Waals surface area contributed by atoms with Crippen LogP contribution < -0.4 is 4.90 Å². The van der Waals surface area contributed by atoms with Crippen LogP contribution in [0, 0.1) is 25.3 Å². The molecule has 0 spiro atoms. The molecule has 0 saturated carbocycles. The monoisotopic (exact) mass is 399 g/mol. The predicted molar refractivity (Wildman–Crippen MR) is 94.0 cm³/mol. The van der Waals surface area contributed by atoms with Crippen LogP contribution >= 0.6 is 0 Å². The first kappa shape index (κ1) is 18.5. The van der Waals surface area contributed by atoms with Crippen molar-refractivity contribution < 1.29 is 19.5 Å². The number of hydrogen-bond acceptors (Lipinski definition) is 2. The molecule has 1 radical (unpaired) electrons. The Hall–Kier alpha value is -0.817. The molecule has 1 aromatic rings. The summed E-state index contributed by atoms with van der Waals surface area (Å²) < 4.78 is 0. The number of allylic oxidation sites excluding steroid dienone is 2. The summed E-state index contributed by atoms with van der Waals surface area (Å²) in [7, 11) is 2.21. The van der Waals surface area contributed by atoms with E-state index < -0.39 is 0 Å². The number of anilines is 1. The van der Waals surface area contributed by atoms with Gasteiger partial charge in [-0.15, -0.1) is 11.1 Å². The fraction of sp³-hybridized carbons (Fsp3) is 0.600. The fourth-order valence-corrected chi connectivity index (χ4v) is 4.15. The SMILES string of the molecule is CC1=C2N(c3c([c-]cc(C)c3C)C(C)(C)C2(C)C)[C@H](C)N1C.[Ru+]. The van der Waals surface area contributed by atoms with Gasteiger partial charge in [0, 0.05) is 23.9 Å². The minimum Gasteiger partial charge on any atom is -0.377 e. The van der Waals surface area contributed by atoms with Crippen molar-refractivity contribution in [3.8, 4) is 0 Å². The molecule has 0 saturated heterocycles. The summed E-state index contributed by atoms with van der Waals surface area (Å²) in [5.74, 6) is 0. The van der Waals surface area contributed by atoms with Crippen LogP contribution in [0.4, 0.5) is 5.69 Å².